The van der Waals surface area contributed by atoms with Crippen LogP contribution in [0.5, 0.6) is 5.75 Å². The molecule has 0 radical (unpaired) electrons. The molecular formula is C20H24N2O2. The Balaban J connectivity index is 1.67. The highest BCUT2D eigenvalue weighted by atomic mass is 16.5. The largest absolute Gasteiger partial charge is 0.493 e. The van der Waals surface area contributed by atoms with E-state index in [-0.39, 0.29) is 11.9 Å². The van der Waals surface area contributed by atoms with Crippen LogP contribution in [0.2, 0.25) is 0 Å². The van der Waals surface area contributed by atoms with Crippen LogP contribution < -0.4 is 15.4 Å². The summed E-state index contributed by atoms with van der Waals surface area (Å²) in [5.41, 5.74) is 2.39. The Bertz CT molecular complexity index is 672. The van der Waals surface area contributed by atoms with Crippen molar-refractivity contribution < 1.29 is 9.53 Å². The second-order valence-electron chi connectivity index (χ2n) is 6.14. The van der Waals surface area contributed by atoms with Crippen LogP contribution in [0.1, 0.15) is 23.5 Å². The zero-order valence-corrected chi connectivity index (χ0v) is 14.0. The van der Waals surface area contributed by atoms with Crippen molar-refractivity contribution >= 4 is 5.91 Å². The first kappa shape index (κ1) is 16.5. The van der Waals surface area contributed by atoms with Crippen LogP contribution in [0.25, 0.3) is 0 Å². The minimum Gasteiger partial charge on any atom is -0.493 e. The molecule has 0 aliphatic carbocycles. The molecule has 2 atom stereocenters. The van der Waals surface area contributed by atoms with E-state index >= 15 is 0 Å². The Morgan fingerprint density at radius 1 is 1.17 bits per heavy atom. The first-order valence-corrected chi connectivity index (χ1v) is 8.48. The first-order valence-electron chi connectivity index (χ1n) is 8.48. The summed E-state index contributed by atoms with van der Waals surface area (Å²) in [7, 11) is 1.69. The van der Waals surface area contributed by atoms with Gasteiger partial charge in [0.15, 0.2) is 0 Å². The number of carbonyl (C=O) groups excluding carboxylic acids is 1. The van der Waals surface area contributed by atoms with Crippen LogP contribution in [-0.2, 0) is 11.2 Å². The molecule has 0 unspecified atom stereocenters. The molecule has 1 aliphatic rings. The third-order valence-corrected chi connectivity index (χ3v) is 4.54. The fraction of sp³-hybridized carbons (Fsp3) is 0.350. The van der Waals surface area contributed by atoms with Gasteiger partial charge in [-0.1, -0.05) is 48.5 Å². The van der Waals surface area contributed by atoms with E-state index in [9.17, 15) is 4.79 Å². The van der Waals surface area contributed by atoms with Gasteiger partial charge in [-0.05, 0) is 30.0 Å². The zero-order valence-electron chi connectivity index (χ0n) is 14.0. The van der Waals surface area contributed by atoms with Crippen molar-refractivity contribution in [2.75, 3.05) is 20.2 Å². The standard InChI is InChI=1S/C20H24N2O2/c1-21-20(23)18(13-15-7-3-2-4-8-15)22-14-16-11-12-24-19-10-6-5-9-17(16)19/h2-10,16,18,22H,11-14H2,1H3,(H,21,23)/t16-,18+/m1/s1. The summed E-state index contributed by atoms with van der Waals surface area (Å²) < 4.78 is 5.72. The van der Waals surface area contributed by atoms with Gasteiger partial charge in [-0.15, -0.1) is 0 Å². The van der Waals surface area contributed by atoms with Crippen molar-refractivity contribution in [1.82, 2.24) is 10.6 Å². The van der Waals surface area contributed by atoms with Gasteiger partial charge in [0.05, 0.1) is 12.6 Å². The molecule has 1 amide bonds. The van der Waals surface area contributed by atoms with E-state index in [1.165, 1.54) is 5.56 Å². The van der Waals surface area contributed by atoms with Crippen LogP contribution in [-0.4, -0.2) is 32.1 Å². The van der Waals surface area contributed by atoms with Gasteiger partial charge in [0.2, 0.25) is 5.91 Å². The third kappa shape index (κ3) is 3.95. The second-order valence-corrected chi connectivity index (χ2v) is 6.14. The summed E-state index contributed by atoms with van der Waals surface area (Å²) in [4.78, 5) is 12.2. The number of nitrogens with one attached hydrogen (secondary N) is 2. The van der Waals surface area contributed by atoms with E-state index in [1.54, 1.807) is 7.05 Å². The zero-order chi connectivity index (χ0) is 16.8. The van der Waals surface area contributed by atoms with E-state index in [1.807, 2.05) is 36.4 Å². The second kappa shape index (κ2) is 7.97. The van der Waals surface area contributed by atoms with Crippen molar-refractivity contribution in [3.8, 4) is 5.75 Å². The lowest BCUT2D eigenvalue weighted by Crippen LogP contribution is -2.46. The van der Waals surface area contributed by atoms with Gasteiger partial charge in [0, 0.05) is 19.5 Å². The molecule has 0 aromatic heterocycles. The van der Waals surface area contributed by atoms with Gasteiger partial charge in [0.25, 0.3) is 0 Å². The monoisotopic (exact) mass is 324 g/mol. The topological polar surface area (TPSA) is 50.4 Å². The summed E-state index contributed by atoms with van der Waals surface area (Å²) in [6, 6.07) is 18.1. The molecule has 24 heavy (non-hydrogen) atoms. The fourth-order valence-electron chi connectivity index (χ4n) is 3.19. The van der Waals surface area contributed by atoms with Gasteiger partial charge in [-0.25, -0.2) is 0 Å². The van der Waals surface area contributed by atoms with Gasteiger partial charge < -0.3 is 15.4 Å². The smallest absolute Gasteiger partial charge is 0.237 e. The average molecular weight is 324 g/mol. The molecule has 0 bridgehead atoms. The molecule has 2 aromatic carbocycles. The number of hydrogen-bond donors (Lipinski definition) is 2. The van der Waals surface area contributed by atoms with E-state index < -0.39 is 0 Å². The molecule has 2 aromatic rings. The number of para-hydroxylation sites is 1. The van der Waals surface area contributed by atoms with Crippen molar-refractivity contribution in [2.24, 2.45) is 0 Å². The predicted molar refractivity (Wildman–Crippen MR) is 95.3 cm³/mol. The normalized spacial score (nSPS) is 17.5. The Kier molecular flexibility index (Phi) is 5.49. The van der Waals surface area contributed by atoms with Crippen molar-refractivity contribution in [1.29, 1.82) is 0 Å². The minimum absolute atomic E-state index is 0.0270. The molecule has 3 rings (SSSR count). The summed E-state index contributed by atoms with van der Waals surface area (Å²) in [5, 5.41) is 6.23. The van der Waals surface area contributed by atoms with E-state index in [4.69, 9.17) is 4.74 Å². The molecule has 2 N–H and O–H groups in total. The van der Waals surface area contributed by atoms with Gasteiger partial charge >= 0.3 is 0 Å². The van der Waals surface area contributed by atoms with Gasteiger partial charge in [0.1, 0.15) is 5.75 Å². The summed E-state index contributed by atoms with van der Waals surface area (Å²) in [6.45, 7) is 1.50. The van der Waals surface area contributed by atoms with E-state index in [0.29, 0.717) is 12.3 Å². The lowest BCUT2D eigenvalue weighted by molar-refractivity contribution is -0.122. The third-order valence-electron chi connectivity index (χ3n) is 4.54. The van der Waals surface area contributed by atoms with Crippen LogP contribution >= 0.6 is 0 Å². The molecule has 0 saturated carbocycles. The van der Waals surface area contributed by atoms with Crippen molar-refractivity contribution in [3.05, 3.63) is 65.7 Å². The Morgan fingerprint density at radius 3 is 2.71 bits per heavy atom. The predicted octanol–water partition coefficient (Wildman–Crippen LogP) is 2.50. The summed E-state index contributed by atoms with van der Waals surface area (Å²) in [5.74, 6) is 1.37. The van der Waals surface area contributed by atoms with E-state index in [2.05, 4.69) is 28.8 Å². The SMILES string of the molecule is CNC(=O)[C@H](Cc1ccccc1)NC[C@H]1CCOc2ccccc21. The Labute approximate surface area is 143 Å². The van der Waals surface area contributed by atoms with Crippen LogP contribution in [0.4, 0.5) is 0 Å². The molecule has 1 aliphatic heterocycles. The first-order chi connectivity index (χ1) is 11.8. The molecule has 4 nitrogen and oxygen atoms in total. The number of likely N-dealkylation sites (N-methyl/N-ethyl adjacent to an activating group) is 1. The Morgan fingerprint density at radius 2 is 1.92 bits per heavy atom. The average Bonchev–Trinajstić information content (AvgIpc) is 2.65. The maximum absolute atomic E-state index is 12.2. The maximum atomic E-state index is 12.2. The molecule has 0 spiro atoms. The van der Waals surface area contributed by atoms with Crippen LogP contribution in [0.3, 0.4) is 0 Å². The maximum Gasteiger partial charge on any atom is 0.237 e. The number of benzene rings is 2. The molecular weight excluding hydrogens is 300 g/mol. The number of rotatable bonds is 6. The van der Waals surface area contributed by atoms with Crippen LogP contribution in [0.15, 0.2) is 54.6 Å². The number of hydrogen-bond acceptors (Lipinski definition) is 3. The Hall–Kier alpha value is -2.33. The number of amides is 1. The van der Waals surface area contributed by atoms with Gasteiger partial charge in [-0.3, -0.25) is 4.79 Å². The molecule has 126 valence electrons. The molecule has 4 heteroatoms. The molecule has 1 heterocycles. The van der Waals surface area contributed by atoms with Crippen molar-refractivity contribution in [2.45, 2.75) is 24.8 Å². The van der Waals surface area contributed by atoms with Gasteiger partial charge in [-0.2, -0.15) is 0 Å². The highest BCUT2D eigenvalue weighted by Crippen LogP contribution is 2.32. The number of fused-ring (bicyclic) bond motifs is 1. The fourth-order valence-corrected chi connectivity index (χ4v) is 3.19. The summed E-state index contributed by atoms with van der Waals surface area (Å²) >= 11 is 0. The minimum atomic E-state index is -0.229. The number of carbonyl (C=O) groups is 1. The molecule has 0 saturated heterocycles. The molecule has 0 fully saturated rings. The summed E-state index contributed by atoms with van der Waals surface area (Å²) in [6.07, 6.45) is 1.65. The highest BCUT2D eigenvalue weighted by molar-refractivity contribution is 5.81. The van der Waals surface area contributed by atoms with Crippen molar-refractivity contribution in [3.63, 3.8) is 0 Å². The highest BCUT2D eigenvalue weighted by Gasteiger charge is 2.24. The van der Waals surface area contributed by atoms with E-state index in [0.717, 1.165) is 30.9 Å². The lowest BCUT2D eigenvalue weighted by atomic mass is 9.92. The lowest BCUT2D eigenvalue weighted by Gasteiger charge is -2.28. The van der Waals surface area contributed by atoms with Crippen LogP contribution in [0, 0.1) is 0 Å². The number of ether oxygens (including phenoxy) is 1. The quantitative estimate of drug-likeness (QED) is 0.858.